The molecule has 0 saturated carbocycles. The zero-order chi connectivity index (χ0) is 29.3. The second-order valence-electron chi connectivity index (χ2n) is 11.0. The third-order valence-electron chi connectivity index (χ3n) is 8.19. The minimum Gasteiger partial charge on any atom is -0.307 e. The van der Waals surface area contributed by atoms with E-state index in [1.807, 2.05) is 48.2 Å². The first-order valence-corrected chi connectivity index (χ1v) is 15.2. The van der Waals surface area contributed by atoms with E-state index in [1.54, 1.807) is 48.3 Å². The van der Waals surface area contributed by atoms with E-state index in [1.165, 1.54) is 17.7 Å². The van der Waals surface area contributed by atoms with Crippen molar-refractivity contribution in [2.45, 2.75) is 35.0 Å². The first-order valence-electron chi connectivity index (χ1n) is 14.0. The molecule has 1 aromatic heterocycles. The van der Waals surface area contributed by atoms with Crippen molar-refractivity contribution < 1.29 is 13.6 Å². The van der Waals surface area contributed by atoms with Crippen molar-refractivity contribution in [1.29, 1.82) is 0 Å². The van der Waals surface area contributed by atoms with Gasteiger partial charge in [0.05, 0.1) is 0 Å². The van der Waals surface area contributed by atoms with E-state index < -0.39 is 0 Å². The van der Waals surface area contributed by atoms with Crippen LogP contribution in [0.2, 0.25) is 5.15 Å². The van der Waals surface area contributed by atoms with Gasteiger partial charge in [0.2, 0.25) is 0 Å². The molecule has 8 heteroatoms. The van der Waals surface area contributed by atoms with Crippen LogP contribution in [0.25, 0.3) is 6.08 Å². The lowest BCUT2D eigenvalue weighted by molar-refractivity contribution is 0.0977. The van der Waals surface area contributed by atoms with Crippen molar-refractivity contribution in [2.75, 3.05) is 31.1 Å². The number of carbonyl (C=O) groups excluding carboxylic acids is 1. The lowest BCUT2D eigenvalue weighted by atomic mass is 9.74. The van der Waals surface area contributed by atoms with Crippen LogP contribution in [-0.2, 0) is 5.41 Å². The van der Waals surface area contributed by atoms with Gasteiger partial charge in [0.15, 0.2) is 0 Å². The first kappa shape index (κ1) is 28.6. The third-order valence-corrected chi connectivity index (χ3v) is 9.39. The predicted molar refractivity (Wildman–Crippen MR) is 165 cm³/mol. The Bertz CT molecular complexity index is 1650. The van der Waals surface area contributed by atoms with Gasteiger partial charge in [-0.05, 0) is 105 Å². The lowest BCUT2D eigenvalue weighted by Crippen LogP contribution is -2.46. The van der Waals surface area contributed by atoms with Gasteiger partial charge in [0, 0.05) is 51.3 Å². The van der Waals surface area contributed by atoms with Crippen molar-refractivity contribution in [3.8, 4) is 0 Å². The Morgan fingerprint density at radius 1 is 1.00 bits per heavy atom. The highest BCUT2D eigenvalue weighted by atomic mass is 35.5. The molecule has 0 unspecified atom stereocenters. The summed E-state index contributed by atoms with van der Waals surface area (Å²) in [5, 5.41) is 0.285. The summed E-state index contributed by atoms with van der Waals surface area (Å²) in [7, 11) is 0. The van der Waals surface area contributed by atoms with Crippen LogP contribution in [0, 0.1) is 18.6 Å². The molecule has 0 atom stereocenters. The average Bonchev–Trinajstić information content (AvgIpc) is 3.29. The monoisotopic (exact) mass is 601 g/mol. The number of hydrogen-bond donors (Lipinski definition) is 0. The van der Waals surface area contributed by atoms with E-state index >= 15 is 0 Å². The lowest BCUT2D eigenvalue weighted by Gasteiger charge is -2.39. The molecule has 1 spiro atoms. The summed E-state index contributed by atoms with van der Waals surface area (Å²) in [6.45, 7) is 4.92. The van der Waals surface area contributed by atoms with Crippen LogP contribution in [0.15, 0.2) is 94.9 Å². The van der Waals surface area contributed by atoms with Gasteiger partial charge in [0.1, 0.15) is 16.8 Å². The Labute approximate surface area is 254 Å². The van der Waals surface area contributed by atoms with E-state index in [9.17, 15) is 13.6 Å². The molecule has 1 saturated heterocycles. The number of aromatic nitrogens is 1. The SMILES string of the molecule is Cc1ccc(/C=C/CN2CCC3(CC2)CN(C(=O)c2ccnc(Cl)c2)c2ccc(Sc4ccc(F)cc4)cc23)c(F)c1. The summed E-state index contributed by atoms with van der Waals surface area (Å²) in [5.41, 5.74) is 3.90. The second-order valence-corrected chi connectivity index (χ2v) is 12.5. The summed E-state index contributed by atoms with van der Waals surface area (Å²) in [6, 6.07) is 21.3. The molecule has 3 heterocycles. The van der Waals surface area contributed by atoms with E-state index in [4.69, 9.17) is 11.6 Å². The van der Waals surface area contributed by atoms with Gasteiger partial charge in [-0.25, -0.2) is 13.8 Å². The number of benzene rings is 3. The van der Waals surface area contributed by atoms with Crippen molar-refractivity contribution in [1.82, 2.24) is 9.88 Å². The van der Waals surface area contributed by atoms with Crippen LogP contribution in [0.5, 0.6) is 0 Å². The van der Waals surface area contributed by atoms with E-state index in [-0.39, 0.29) is 28.1 Å². The smallest absolute Gasteiger partial charge is 0.258 e. The Morgan fingerprint density at radius 2 is 1.76 bits per heavy atom. The van der Waals surface area contributed by atoms with Crippen molar-refractivity contribution in [3.05, 3.63) is 124 Å². The normalized spacial score (nSPS) is 16.3. The summed E-state index contributed by atoms with van der Waals surface area (Å²) >= 11 is 7.70. The number of piperidine rings is 1. The van der Waals surface area contributed by atoms with Gasteiger partial charge in [-0.2, -0.15) is 0 Å². The molecule has 0 radical (unpaired) electrons. The molecule has 0 N–H and O–H groups in total. The number of fused-ring (bicyclic) bond motifs is 2. The molecule has 1 amide bonds. The fraction of sp³-hybridized carbons (Fsp3) is 0.235. The minimum absolute atomic E-state index is 0.0955. The Balaban J connectivity index is 1.24. The zero-order valence-electron chi connectivity index (χ0n) is 23.2. The average molecular weight is 602 g/mol. The van der Waals surface area contributed by atoms with Crippen LogP contribution < -0.4 is 4.90 Å². The number of hydrogen-bond acceptors (Lipinski definition) is 4. The Kier molecular flexibility index (Phi) is 8.17. The molecule has 42 heavy (non-hydrogen) atoms. The fourth-order valence-electron chi connectivity index (χ4n) is 5.91. The van der Waals surface area contributed by atoms with Gasteiger partial charge in [-0.15, -0.1) is 0 Å². The molecule has 4 aromatic rings. The van der Waals surface area contributed by atoms with E-state index in [0.29, 0.717) is 17.7 Å². The summed E-state index contributed by atoms with van der Waals surface area (Å²) in [4.78, 5) is 24.0. The van der Waals surface area contributed by atoms with Gasteiger partial charge in [-0.3, -0.25) is 9.69 Å². The van der Waals surface area contributed by atoms with Gasteiger partial charge < -0.3 is 4.90 Å². The maximum absolute atomic E-state index is 14.3. The van der Waals surface area contributed by atoms with Crippen molar-refractivity contribution >= 4 is 41.0 Å². The molecular weight excluding hydrogens is 572 g/mol. The van der Waals surface area contributed by atoms with Gasteiger partial charge in [-0.1, -0.05) is 47.6 Å². The summed E-state index contributed by atoms with van der Waals surface area (Å²) in [6.07, 6.45) is 7.20. The molecule has 1 fully saturated rings. The number of carbonyl (C=O) groups is 1. The summed E-state index contributed by atoms with van der Waals surface area (Å²) < 4.78 is 27.7. The predicted octanol–water partition coefficient (Wildman–Crippen LogP) is 8.18. The highest BCUT2D eigenvalue weighted by molar-refractivity contribution is 7.99. The van der Waals surface area contributed by atoms with Gasteiger partial charge >= 0.3 is 0 Å². The first-order chi connectivity index (χ1) is 20.3. The highest BCUT2D eigenvalue weighted by Crippen LogP contribution is 2.49. The largest absolute Gasteiger partial charge is 0.307 e. The molecule has 2 aliphatic heterocycles. The highest BCUT2D eigenvalue weighted by Gasteiger charge is 2.46. The maximum atomic E-state index is 14.3. The van der Waals surface area contributed by atoms with Crippen molar-refractivity contribution in [3.63, 3.8) is 0 Å². The quantitative estimate of drug-likeness (QED) is 0.209. The van der Waals surface area contributed by atoms with Crippen LogP contribution in [0.1, 0.15) is 39.9 Å². The van der Waals surface area contributed by atoms with Crippen LogP contribution in [0.3, 0.4) is 0 Å². The minimum atomic E-state index is -0.261. The number of anilines is 1. The molecule has 6 rings (SSSR count). The molecule has 2 aliphatic rings. The number of nitrogens with zero attached hydrogens (tertiary/aromatic N) is 3. The number of halogens is 3. The number of likely N-dealkylation sites (tertiary alicyclic amines) is 1. The number of aryl methyl sites for hydroxylation is 1. The maximum Gasteiger partial charge on any atom is 0.258 e. The van der Waals surface area contributed by atoms with Crippen LogP contribution >= 0.6 is 23.4 Å². The molecule has 4 nitrogen and oxygen atoms in total. The van der Waals surface area contributed by atoms with Crippen LogP contribution in [-0.4, -0.2) is 42.0 Å². The van der Waals surface area contributed by atoms with Gasteiger partial charge in [0.25, 0.3) is 5.91 Å². The topological polar surface area (TPSA) is 36.4 Å². The molecule has 214 valence electrons. The second kappa shape index (κ2) is 12.0. The van der Waals surface area contributed by atoms with Crippen LogP contribution in [0.4, 0.5) is 14.5 Å². The third kappa shape index (κ3) is 6.00. The molecule has 0 bridgehead atoms. The molecule has 3 aromatic carbocycles. The van der Waals surface area contributed by atoms with E-state index in [2.05, 4.69) is 16.0 Å². The molecule has 0 aliphatic carbocycles. The number of pyridine rings is 1. The van der Waals surface area contributed by atoms with Crippen molar-refractivity contribution in [2.24, 2.45) is 0 Å². The number of rotatable bonds is 6. The Morgan fingerprint density at radius 3 is 2.50 bits per heavy atom. The Hall–Kier alpha value is -3.52. The molecular formula is C34H30ClF2N3OS. The number of amides is 1. The summed E-state index contributed by atoms with van der Waals surface area (Å²) in [5.74, 6) is -0.564. The van der Waals surface area contributed by atoms with E-state index in [0.717, 1.165) is 53.5 Å². The fourth-order valence-corrected chi connectivity index (χ4v) is 6.94. The zero-order valence-corrected chi connectivity index (χ0v) is 24.8. The standard InChI is InChI=1S/C34H30ClF2N3OS/c1-23-4-5-24(30(37)19-23)3-2-16-39-17-13-34(14-18-39)22-40(33(41)25-12-15-38-32(35)20-25)31-11-10-28(21-29(31)34)42-27-8-6-26(36)7-9-27/h2-12,15,19-21H,13-14,16-18,22H2,1H3/b3-2+.